The van der Waals surface area contributed by atoms with Gasteiger partial charge in [0.15, 0.2) is 5.78 Å². The first-order chi connectivity index (χ1) is 17.4. The molecule has 0 aromatic heterocycles. The Labute approximate surface area is 223 Å². The zero-order valence-corrected chi connectivity index (χ0v) is 20.9. The fourth-order valence-electron chi connectivity index (χ4n) is 4.34. The first-order valence-corrected chi connectivity index (χ1v) is 11.6. The monoisotopic (exact) mass is 564 g/mol. The van der Waals surface area contributed by atoms with Crippen LogP contribution in [0.25, 0.3) is 0 Å². The van der Waals surface area contributed by atoms with Crippen molar-refractivity contribution in [3.8, 4) is 12.1 Å². The lowest BCUT2D eigenvalue weighted by molar-refractivity contribution is -0.394. The highest BCUT2D eigenvalue weighted by Crippen LogP contribution is 2.45. The highest BCUT2D eigenvalue weighted by molar-refractivity contribution is 6.46. The van der Waals surface area contributed by atoms with E-state index in [2.05, 4.69) is 5.32 Å². The summed E-state index contributed by atoms with van der Waals surface area (Å²) < 4.78 is 0. The minimum atomic E-state index is -1.64. The topological polar surface area (TPSA) is 206 Å². The minimum Gasteiger partial charge on any atom is -0.370 e. The number of Topliss-reactive ketones (excluding diaryl/α,β-unsaturated/α-hetero) is 1. The van der Waals surface area contributed by atoms with Crippen molar-refractivity contribution < 1.29 is 19.4 Å². The normalized spacial score (nSPS) is 14.2. The lowest BCUT2D eigenvalue weighted by Crippen LogP contribution is -2.49. The molecule has 0 saturated heterocycles. The number of nitrogens with zero attached hydrogens (tertiary/aromatic N) is 4. The molecule has 1 fully saturated rings. The molecule has 1 saturated carbocycles. The summed E-state index contributed by atoms with van der Waals surface area (Å²) in [5.74, 6) is -2.25. The van der Waals surface area contributed by atoms with E-state index in [1.165, 1.54) is 0 Å². The molecule has 0 bridgehead atoms. The second kappa shape index (κ2) is 10.6. The Kier molecular flexibility index (Phi) is 7.88. The molecule has 1 aliphatic carbocycles. The van der Waals surface area contributed by atoms with Gasteiger partial charge in [-0.05, 0) is 12.8 Å². The molecule has 37 heavy (non-hydrogen) atoms. The third-order valence-corrected chi connectivity index (χ3v) is 7.28. The Morgan fingerprint density at radius 2 is 1.54 bits per heavy atom. The Bertz CT molecular complexity index is 1460. The highest BCUT2D eigenvalue weighted by Gasteiger charge is 2.44. The number of nitro benzene ring substituents is 2. The van der Waals surface area contributed by atoms with Crippen molar-refractivity contribution in [2.24, 2.45) is 5.73 Å². The van der Waals surface area contributed by atoms with Crippen LogP contribution >= 0.6 is 34.8 Å². The van der Waals surface area contributed by atoms with Crippen molar-refractivity contribution in [1.29, 1.82) is 10.5 Å². The zero-order valence-electron chi connectivity index (χ0n) is 18.6. The number of rotatable bonds is 7. The molecule has 2 aromatic rings. The number of hydrogen-bond donors (Lipinski definition) is 2. The number of amides is 1. The van der Waals surface area contributed by atoms with Gasteiger partial charge in [0.25, 0.3) is 17.3 Å². The number of halogens is 3. The smallest absolute Gasteiger partial charge is 0.289 e. The summed E-state index contributed by atoms with van der Waals surface area (Å²) >= 11 is 18.8. The van der Waals surface area contributed by atoms with E-state index in [4.69, 9.17) is 40.5 Å². The summed E-state index contributed by atoms with van der Waals surface area (Å²) in [6, 6.07) is 4.86. The number of anilines is 1. The van der Waals surface area contributed by atoms with Crippen molar-refractivity contribution >= 4 is 63.6 Å². The number of nitriles is 2. The van der Waals surface area contributed by atoms with Gasteiger partial charge in [-0.2, -0.15) is 10.5 Å². The maximum atomic E-state index is 14.0. The van der Waals surface area contributed by atoms with E-state index in [1.54, 1.807) is 6.07 Å². The van der Waals surface area contributed by atoms with E-state index in [1.807, 2.05) is 6.07 Å². The number of ketones is 1. The molecule has 15 heteroatoms. The average molecular weight is 566 g/mol. The number of carbonyl (C=O) groups is 2. The maximum absolute atomic E-state index is 14.0. The summed E-state index contributed by atoms with van der Waals surface area (Å²) in [7, 11) is 0. The van der Waals surface area contributed by atoms with Gasteiger partial charge in [-0.25, -0.2) is 0 Å². The fraction of sp³-hybridized carbons (Fsp3) is 0.273. The fourth-order valence-corrected chi connectivity index (χ4v) is 5.13. The Hall–Kier alpha value is -3.97. The number of primary amides is 1. The van der Waals surface area contributed by atoms with Crippen molar-refractivity contribution in [2.75, 3.05) is 5.32 Å². The number of hydrogen-bond acceptors (Lipinski definition) is 9. The number of nitrogens with one attached hydrogen (secondary N) is 1. The van der Waals surface area contributed by atoms with Crippen molar-refractivity contribution in [1.82, 2.24) is 0 Å². The van der Waals surface area contributed by atoms with Crippen LogP contribution in [0, 0.1) is 42.9 Å². The molecule has 0 unspecified atom stereocenters. The molecule has 3 rings (SSSR count). The van der Waals surface area contributed by atoms with E-state index in [0.717, 1.165) is 6.07 Å². The molecule has 0 radical (unpaired) electrons. The summed E-state index contributed by atoms with van der Waals surface area (Å²) in [5.41, 5.74) is -0.223. The lowest BCUT2D eigenvalue weighted by Gasteiger charge is -2.38. The standard InChI is InChI=1S/C22H15Cl3N6O6/c23-16-12(8-26)17(24)18(25)19(13(16)9-27)29-22(4-2-1-3-5-22)20(32)11-6-10(30(34)35)7-14(31(36)37)15(11)21(28)33/h6-7,29H,1-5H2,(H2,28,33). The summed E-state index contributed by atoms with van der Waals surface area (Å²) in [6.45, 7) is 0. The van der Waals surface area contributed by atoms with Crippen LogP contribution in [0.2, 0.25) is 15.1 Å². The predicted molar refractivity (Wildman–Crippen MR) is 133 cm³/mol. The van der Waals surface area contributed by atoms with Gasteiger partial charge in [0.05, 0.1) is 47.8 Å². The van der Waals surface area contributed by atoms with E-state index in [-0.39, 0.29) is 44.7 Å². The molecular weight excluding hydrogens is 551 g/mol. The largest absolute Gasteiger partial charge is 0.370 e. The molecule has 1 amide bonds. The van der Waals surface area contributed by atoms with Gasteiger partial charge in [0.1, 0.15) is 23.2 Å². The van der Waals surface area contributed by atoms with Crippen molar-refractivity contribution in [3.05, 3.63) is 69.7 Å². The van der Waals surface area contributed by atoms with Gasteiger partial charge in [-0.1, -0.05) is 54.1 Å². The van der Waals surface area contributed by atoms with Gasteiger partial charge in [0.2, 0.25) is 0 Å². The molecule has 0 spiro atoms. The van der Waals surface area contributed by atoms with Crippen LogP contribution in [0.5, 0.6) is 0 Å². The van der Waals surface area contributed by atoms with Gasteiger partial charge < -0.3 is 11.1 Å². The van der Waals surface area contributed by atoms with Crippen LogP contribution in [0.4, 0.5) is 17.1 Å². The number of carbonyl (C=O) groups excluding carboxylic acids is 2. The number of nitrogens with two attached hydrogens (primary N) is 1. The van der Waals surface area contributed by atoms with Crippen molar-refractivity contribution in [3.63, 3.8) is 0 Å². The first-order valence-electron chi connectivity index (χ1n) is 10.5. The predicted octanol–water partition coefficient (Wildman–Crippen LogP) is 5.30. The van der Waals surface area contributed by atoms with Crippen LogP contribution < -0.4 is 11.1 Å². The first kappa shape index (κ1) is 27.6. The second-order valence-corrected chi connectivity index (χ2v) is 9.29. The molecule has 3 N–H and O–H groups in total. The molecule has 0 atom stereocenters. The summed E-state index contributed by atoms with van der Waals surface area (Å²) in [6.07, 6.45) is 1.84. The SMILES string of the molecule is N#Cc1c(Cl)c(Cl)c(NC2(C(=O)c3cc([N+](=O)[O-])cc([N+](=O)[O-])c3C(N)=O)CCCCC2)c(C#N)c1Cl. The zero-order chi connectivity index (χ0) is 27.7. The molecular formula is C22H15Cl3N6O6. The quantitative estimate of drug-likeness (QED) is 0.193. The van der Waals surface area contributed by atoms with E-state index in [9.17, 15) is 40.3 Å². The van der Waals surface area contributed by atoms with Gasteiger partial charge in [-0.3, -0.25) is 29.8 Å². The molecule has 190 valence electrons. The molecule has 1 aliphatic rings. The second-order valence-electron chi connectivity index (χ2n) is 8.15. The summed E-state index contributed by atoms with van der Waals surface area (Å²) in [5, 5.41) is 44.2. The van der Waals surface area contributed by atoms with Crippen LogP contribution in [0.15, 0.2) is 12.1 Å². The van der Waals surface area contributed by atoms with E-state index in [0.29, 0.717) is 25.3 Å². The molecule has 2 aromatic carbocycles. The third-order valence-electron chi connectivity index (χ3n) is 6.05. The Morgan fingerprint density at radius 1 is 0.946 bits per heavy atom. The van der Waals surface area contributed by atoms with Gasteiger partial charge in [0, 0.05) is 11.6 Å². The van der Waals surface area contributed by atoms with Crippen LogP contribution in [-0.4, -0.2) is 27.1 Å². The third kappa shape index (κ3) is 4.87. The molecule has 0 aliphatic heterocycles. The van der Waals surface area contributed by atoms with Gasteiger partial charge >= 0.3 is 0 Å². The Morgan fingerprint density at radius 3 is 2.03 bits per heavy atom. The van der Waals surface area contributed by atoms with E-state index < -0.39 is 49.6 Å². The Balaban J connectivity index is 2.33. The van der Waals surface area contributed by atoms with Crippen molar-refractivity contribution in [2.45, 2.75) is 37.6 Å². The minimum absolute atomic E-state index is 0.0942. The van der Waals surface area contributed by atoms with Crippen LogP contribution in [0.3, 0.4) is 0 Å². The highest BCUT2D eigenvalue weighted by atomic mass is 35.5. The van der Waals surface area contributed by atoms with Gasteiger partial charge in [-0.15, -0.1) is 0 Å². The number of nitro groups is 2. The lowest BCUT2D eigenvalue weighted by atomic mass is 9.75. The molecule has 12 nitrogen and oxygen atoms in total. The molecule has 0 heterocycles. The average Bonchev–Trinajstić information content (AvgIpc) is 2.86. The maximum Gasteiger partial charge on any atom is 0.289 e. The number of benzene rings is 2. The van der Waals surface area contributed by atoms with Crippen LogP contribution in [-0.2, 0) is 0 Å². The number of non-ortho nitro benzene ring substituents is 1. The summed E-state index contributed by atoms with van der Waals surface area (Å²) in [4.78, 5) is 47.4. The van der Waals surface area contributed by atoms with Crippen LogP contribution in [0.1, 0.15) is 63.9 Å². The van der Waals surface area contributed by atoms with E-state index >= 15 is 0 Å².